The van der Waals surface area contributed by atoms with Gasteiger partial charge in [0.2, 0.25) is 25.1 Å². The maximum Gasteiger partial charge on any atom is 0.240 e. The number of carbonyl (C=O) groups excluding carboxylic acids is 4. The zero-order valence-corrected chi connectivity index (χ0v) is 15.7. The third-order valence-corrected chi connectivity index (χ3v) is 1.48. The molecule has 0 aromatic rings. The van der Waals surface area contributed by atoms with E-state index in [2.05, 4.69) is 0 Å². The number of nitrogens with zero attached hydrogens (tertiary/aromatic N) is 1. The Balaban J connectivity index is -0.0000000730. The molecule has 4 amide bonds. The summed E-state index contributed by atoms with van der Waals surface area (Å²) in [5.74, 6) is -0.440. The van der Waals surface area contributed by atoms with E-state index in [1.807, 2.05) is 0 Å². The summed E-state index contributed by atoms with van der Waals surface area (Å²) < 4.78 is 0. The molecule has 0 aliphatic carbocycles. The van der Waals surface area contributed by atoms with E-state index in [-0.39, 0.29) is 39.0 Å². The van der Waals surface area contributed by atoms with Crippen molar-refractivity contribution in [2.75, 3.05) is 13.1 Å². The van der Waals surface area contributed by atoms with Crippen LogP contribution < -0.4 is 22.2 Å². The summed E-state index contributed by atoms with van der Waals surface area (Å²) in [6.07, 6.45) is 3.49. The second kappa shape index (κ2) is 37.6. The van der Waals surface area contributed by atoms with E-state index in [0.717, 1.165) is 19.3 Å². The molecule has 14 heteroatoms. The van der Waals surface area contributed by atoms with Crippen LogP contribution >= 0.6 is 0 Å². The van der Waals surface area contributed by atoms with Crippen LogP contribution in [0.3, 0.4) is 0 Å². The molecular weight excluding hydrogens is 409 g/mol. The van der Waals surface area contributed by atoms with Crippen molar-refractivity contribution in [3.8, 4) is 0 Å². The quantitative estimate of drug-likeness (QED) is 0.0891. The molecule has 0 saturated carbocycles. The van der Waals surface area contributed by atoms with Crippen molar-refractivity contribution < 1.29 is 66.2 Å². The molecule has 0 spiro atoms. The topological polar surface area (TPSA) is 215 Å². The van der Waals surface area contributed by atoms with E-state index in [0.29, 0.717) is 24.6 Å². The molecule has 0 aromatic heterocycles. The Morgan fingerprint density at radius 1 is 1.04 bits per heavy atom. The first-order valence-corrected chi connectivity index (χ1v) is 6.09. The maximum atomic E-state index is 9.82. The summed E-state index contributed by atoms with van der Waals surface area (Å²) in [6.45, 7) is 2.30. The number of carbonyl (C=O) groups is 4. The molecule has 0 saturated heterocycles. The number of nitrogens with two attached hydrogens (primary N) is 1. The summed E-state index contributed by atoms with van der Waals surface area (Å²) in [5.41, 5.74) is 9.12. The van der Waals surface area contributed by atoms with Crippen molar-refractivity contribution in [1.29, 1.82) is 0 Å². The minimum Gasteiger partial charge on any atom is -0.330 e. The van der Waals surface area contributed by atoms with Gasteiger partial charge >= 0.3 is 0 Å². The standard InChI is InChI=1S/C6H14N2O2.C2H5NO2.2CH3NO2.Zr/c7-4-2-1-3-5-8(10)6-9;1-2(4)3-5;2*3-1-2-4;/h6,10H,1-5,7H2;5H,1H3,(H,3,4);2*1,4H,(H,2,3);. The maximum absolute atomic E-state index is 9.82. The van der Waals surface area contributed by atoms with Crippen LogP contribution in [-0.2, 0) is 45.4 Å². The first-order valence-electron chi connectivity index (χ1n) is 6.09. The number of amides is 4. The van der Waals surface area contributed by atoms with Crippen LogP contribution in [-0.4, -0.2) is 64.1 Å². The number of hydrogen-bond donors (Lipinski definition) is 8. The van der Waals surface area contributed by atoms with Crippen molar-refractivity contribution >= 4 is 25.1 Å². The molecule has 142 valence electrons. The molecule has 9 N–H and O–H groups in total. The fourth-order valence-electron chi connectivity index (χ4n) is 0.648. The van der Waals surface area contributed by atoms with Crippen LogP contribution in [0.4, 0.5) is 0 Å². The second-order valence-electron chi connectivity index (χ2n) is 3.28. The van der Waals surface area contributed by atoms with Crippen LogP contribution in [0.5, 0.6) is 0 Å². The van der Waals surface area contributed by atoms with Gasteiger partial charge in [-0.25, -0.2) is 21.5 Å². The Labute approximate surface area is 158 Å². The van der Waals surface area contributed by atoms with Crippen molar-refractivity contribution in [3.05, 3.63) is 0 Å². The average Bonchev–Trinajstić information content (AvgIpc) is 2.59. The number of nitrogens with one attached hydrogen (secondary N) is 3. The van der Waals surface area contributed by atoms with E-state index in [4.69, 9.17) is 36.2 Å². The van der Waals surface area contributed by atoms with E-state index >= 15 is 0 Å². The molecule has 0 radical (unpaired) electrons. The van der Waals surface area contributed by atoms with E-state index in [9.17, 15) is 9.59 Å². The predicted molar refractivity (Wildman–Crippen MR) is 75.0 cm³/mol. The smallest absolute Gasteiger partial charge is 0.240 e. The van der Waals surface area contributed by atoms with Crippen molar-refractivity contribution in [1.82, 2.24) is 21.5 Å². The molecule has 0 rings (SSSR count). The minimum atomic E-state index is -0.440. The van der Waals surface area contributed by atoms with Gasteiger partial charge in [-0.3, -0.25) is 40.0 Å². The summed E-state index contributed by atoms with van der Waals surface area (Å²) in [7, 11) is 0. The van der Waals surface area contributed by atoms with Gasteiger partial charge < -0.3 is 5.73 Å². The normalized spacial score (nSPS) is 7.08. The third-order valence-electron chi connectivity index (χ3n) is 1.48. The molecular formula is C10H25N5O8Zr. The SMILES string of the molecule is CC(=O)NO.NCCCCCN(O)C=O.O=CNO.O=CNO.[Zr]. The van der Waals surface area contributed by atoms with Crippen LogP contribution in [0.25, 0.3) is 0 Å². The Morgan fingerprint density at radius 3 is 1.62 bits per heavy atom. The van der Waals surface area contributed by atoms with Gasteiger partial charge in [0.05, 0.1) is 0 Å². The number of hydroxylamine groups is 5. The summed E-state index contributed by atoms with van der Waals surface area (Å²) in [5, 5.41) is 31.3. The molecule has 0 aromatic carbocycles. The number of rotatable bonds is 8. The summed E-state index contributed by atoms with van der Waals surface area (Å²) in [4.78, 5) is 36.9. The largest absolute Gasteiger partial charge is 0.330 e. The van der Waals surface area contributed by atoms with Gasteiger partial charge in [-0.2, -0.15) is 0 Å². The minimum absolute atomic E-state index is 0. The van der Waals surface area contributed by atoms with Gasteiger partial charge in [-0.1, -0.05) is 6.42 Å². The Morgan fingerprint density at radius 2 is 1.42 bits per heavy atom. The zero-order chi connectivity index (χ0) is 18.9. The Kier molecular flexibility index (Phi) is 53.3. The second-order valence-corrected chi connectivity index (χ2v) is 3.28. The number of hydrogen-bond acceptors (Lipinski definition) is 9. The first kappa shape index (κ1) is 34.0. The molecule has 24 heavy (non-hydrogen) atoms. The summed E-state index contributed by atoms with van der Waals surface area (Å²) in [6, 6.07) is 0. The van der Waals surface area contributed by atoms with Crippen LogP contribution in [0.2, 0.25) is 0 Å². The van der Waals surface area contributed by atoms with Crippen molar-refractivity contribution in [3.63, 3.8) is 0 Å². The van der Waals surface area contributed by atoms with Gasteiger partial charge in [-0.15, -0.1) is 0 Å². The Bertz CT molecular complexity index is 268. The predicted octanol–water partition coefficient (Wildman–Crippen LogP) is -2.28. The molecule has 0 heterocycles. The number of unbranched alkanes of at least 4 members (excludes halogenated alkanes) is 2. The van der Waals surface area contributed by atoms with Crippen LogP contribution in [0.15, 0.2) is 0 Å². The van der Waals surface area contributed by atoms with Gasteiger partial charge in [0.25, 0.3) is 0 Å². The molecule has 0 aliphatic rings. The van der Waals surface area contributed by atoms with Gasteiger partial charge in [0.1, 0.15) is 0 Å². The molecule has 0 unspecified atom stereocenters. The third kappa shape index (κ3) is 70.5. The van der Waals surface area contributed by atoms with Gasteiger partial charge in [0.15, 0.2) is 0 Å². The molecule has 0 atom stereocenters. The Hall–Kier alpha value is -1.44. The van der Waals surface area contributed by atoms with Gasteiger partial charge in [0, 0.05) is 39.7 Å². The molecule has 0 bridgehead atoms. The first-order chi connectivity index (χ1) is 10.9. The molecule has 0 fully saturated rings. The van der Waals surface area contributed by atoms with Crippen LogP contribution in [0.1, 0.15) is 26.2 Å². The summed E-state index contributed by atoms with van der Waals surface area (Å²) >= 11 is 0. The van der Waals surface area contributed by atoms with Crippen molar-refractivity contribution in [2.45, 2.75) is 26.2 Å². The van der Waals surface area contributed by atoms with Crippen LogP contribution in [0, 0.1) is 0 Å². The fourth-order valence-corrected chi connectivity index (χ4v) is 0.648. The molecule has 0 aliphatic heterocycles. The average molecular weight is 435 g/mol. The molecule has 13 nitrogen and oxygen atoms in total. The van der Waals surface area contributed by atoms with Gasteiger partial charge in [-0.05, 0) is 19.4 Å². The van der Waals surface area contributed by atoms with E-state index < -0.39 is 5.91 Å². The van der Waals surface area contributed by atoms with E-state index in [1.165, 1.54) is 23.4 Å². The van der Waals surface area contributed by atoms with Crippen molar-refractivity contribution in [2.24, 2.45) is 5.73 Å². The fraction of sp³-hybridized carbons (Fsp3) is 0.600. The zero-order valence-electron chi connectivity index (χ0n) is 13.2. The monoisotopic (exact) mass is 433 g/mol. The van der Waals surface area contributed by atoms with E-state index in [1.54, 1.807) is 0 Å².